The fourth-order valence-electron chi connectivity index (χ4n) is 2.98. The van der Waals surface area contributed by atoms with Crippen molar-refractivity contribution in [1.82, 2.24) is 14.9 Å². The molecule has 2 amide bonds. The molecule has 0 aliphatic carbocycles. The predicted molar refractivity (Wildman–Crippen MR) is 94.3 cm³/mol. The molecule has 0 unspecified atom stereocenters. The van der Waals surface area contributed by atoms with E-state index in [0.717, 1.165) is 19.3 Å². The molecule has 1 aliphatic rings. The molecule has 1 atom stereocenters. The lowest BCUT2D eigenvalue weighted by atomic mass is 10.0. The van der Waals surface area contributed by atoms with Gasteiger partial charge in [0, 0.05) is 25.7 Å². The van der Waals surface area contributed by atoms with Crippen LogP contribution in [0.25, 0.3) is 0 Å². The lowest BCUT2D eigenvalue weighted by Crippen LogP contribution is -2.46. The van der Waals surface area contributed by atoms with Crippen molar-refractivity contribution in [3.8, 4) is 0 Å². The maximum absolute atomic E-state index is 12.9. The molecule has 7 nitrogen and oxygen atoms in total. The molecule has 2 rings (SSSR count). The summed E-state index contributed by atoms with van der Waals surface area (Å²) in [6.45, 7) is 2.87. The molecule has 0 spiro atoms. The topological polar surface area (TPSA) is 95.6 Å². The first kappa shape index (κ1) is 19.4. The minimum absolute atomic E-state index is 0.173. The van der Waals surface area contributed by atoms with Crippen LogP contribution in [0, 0.1) is 0 Å². The number of benzene rings is 1. The van der Waals surface area contributed by atoms with Gasteiger partial charge in [0.2, 0.25) is 10.0 Å². The lowest BCUT2D eigenvalue weighted by molar-refractivity contribution is -0.139. The number of sulfonamides is 1. The van der Waals surface area contributed by atoms with Gasteiger partial charge in [-0.3, -0.25) is 9.59 Å². The van der Waals surface area contributed by atoms with Crippen molar-refractivity contribution >= 4 is 21.8 Å². The molecule has 1 saturated heterocycles. The molecule has 0 radical (unpaired) electrons. The maximum atomic E-state index is 12.9. The van der Waals surface area contributed by atoms with Crippen LogP contribution in [0.15, 0.2) is 35.2 Å². The van der Waals surface area contributed by atoms with Crippen molar-refractivity contribution in [3.05, 3.63) is 30.3 Å². The summed E-state index contributed by atoms with van der Waals surface area (Å²) in [6.07, 6.45) is 3.02. The van der Waals surface area contributed by atoms with E-state index in [9.17, 15) is 18.0 Å². The molecule has 0 saturated carbocycles. The van der Waals surface area contributed by atoms with E-state index < -0.39 is 21.8 Å². The zero-order valence-electron chi connectivity index (χ0n) is 14.4. The zero-order chi connectivity index (χ0) is 18.3. The van der Waals surface area contributed by atoms with E-state index in [0.29, 0.717) is 19.5 Å². The van der Waals surface area contributed by atoms with Gasteiger partial charge in [-0.2, -0.15) is 4.31 Å². The highest BCUT2D eigenvalue weighted by Gasteiger charge is 2.33. The number of piperidine rings is 1. The van der Waals surface area contributed by atoms with E-state index in [1.54, 1.807) is 37.3 Å². The summed E-state index contributed by atoms with van der Waals surface area (Å²) < 4.78 is 27.3. The molecule has 1 aromatic rings. The second kappa shape index (κ2) is 8.96. The molecule has 25 heavy (non-hydrogen) atoms. The number of nitrogens with zero attached hydrogens (tertiary/aromatic N) is 1. The van der Waals surface area contributed by atoms with Gasteiger partial charge in [-0.1, -0.05) is 24.6 Å². The molecule has 0 bridgehead atoms. The van der Waals surface area contributed by atoms with Crippen molar-refractivity contribution in [3.63, 3.8) is 0 Å². The largest absolute Gasteiger partial charge is 0.348 e. The molecule has 1 heterocycles. The van der Waals surface area contributed by atoms with Gasteiger partial charge in [0.1, 0.15) is 0 Å². The van der Waals surface area contributed by atoms with Crippen LogP contribution in [0.5, 0.6) is 0 Å². The van der Waals surface area contributed by atoms with Gasteiger partial charge in [0.15, 0.2) is 0 Å². The first-order chi connectivity index (χ1) is 12.0. The average Bonchev–Trinajstić information content (AvgIpc) is 2.63. The van der Waals surface area contributed by atoms with Crippen molar-refractivity contribution in [2.45, 2.75) is 43.5 Å². The van der Waals surface area contributed by atoms with E-state index in [2.05, 4.69) is 10.6 Å². The molecule has 2 N–H and O–H groups in total. The maximum Gasteiger partial charge on any atom is 0.309 e. The standard InChI is InChI=1S/C17H25N3O4S/c1-2-18-16(21)17(22)19-12-11-14-8-6-7-13-20(14)25(23,24)15-9-4-3-5-10-15/h3-5,9-10,14H,2,6-8,11-13H2,1H3,(H,18,21)(H,19,22)/t14-/m0/s1. The van der Waals surface area contributed by atoms with Gasteiger partial charge in [-0.25, -0.2) is 8.42 Å². The third kappa shape index (κ3) is 5.02. The average molecular weight is 367 g/mol. The fraction of sp³-hybridized carbons (Fsp3) is 0.529. The van der Waals surface area contributed by atoms with Crippen LogP contribution in [0.3, 0.4) is 0 Å². The van der Waals surface area contributed by atoms with E-state index in [4.69, 9.17) is 0 Å². The molecule has 0 aromatic heterocycles. The highest BCUT2D eigenvalue weighted by atomic mass is 32.2. The zero-order valence-corrected chi connectivity index (χ0v) is 15.2. The minimum Gasteiger partial charge on any atom is -0.348 e. The normalized spacial score (nSPS) is 18.5. The van der Waals surface area contributed by atoms with Crippen LogP contribution >= 0.6 is 0 Å². The number of nitrogens with one attached hydrogen (secondary N) is 2. The first-order valence-electron chi connectivity index (χ1n) is 8.59. The second-order valence-electron chi connectivity index (χ2n) is 5.98. The Morgan fingerprint density at radius 3 is 2.48 bits per heavy atom. The fourth-order valence-corrected chi connectivity index (χ4v) is 4.72. The molecule has 1 aliphatic heterocycles. The quantitative estimate of drug-likeness (QED) is 0.730. The van der Waals surface area contributed by atoms with Crippen molar-refractivity contribution in [1.29, 1.82) is 0 Å². The third-order valence-corrected chi connectivity index (χ3v) is 6.20. The van der Waals surface area contributed by atoms with Gasteiger partial charge >= 0.3 is 11.8 Å². The monoisotopic (exact) mass is 367 g/mol. The minimum atomic E-state index is -3.55. The number of amides is 2. The number of rotatable bonds is 6. The van der Waals surface area contributed by atoms with E-state index in [-0.39, 0.29) is 17.5 Å². The summed E-state index contributed by atoms with van der Waals surface area (Å²) in [4.78, 5) is 23.3. The number of carbonyl (C=O) groups is 2. The number of carbonyl (C=O) groups excluding carboxylic acids is 2. The Kier molecular flexibility index (Phi) is 6.95. The Morgan fingerprint density at radius 1 is 1.12 bits per heavy atom. The molecule has 1 aromatic carbocycles. The smallest absolute Gasteiger partial charge is 0.309 e. The SMILES string of the molecule is CCNC(=O)C(=O)NCC[C@@H]1CCCCN1S(=O)(=O)c1ccccc1. The summed E-state index contributed by atoms with van der Waals surface area (Å²) >= 11 is 0. The summed E-state index contributed by atoms with van der Waals surface area (Å²) in [5, 5.41) is 4.98. The van der Waals surface area contributed by atoms with E-state index >= 15 is 0 Å². The highest BCUT2D eigenvalue weighted by molar-refractivity contribution is 7.89. The molecule has 1 fully saturated rings. The van der Waals surface area contributed by atoms with Crippen LogP contribution in [0.1, 0.15) is 32.6 Å². The summed E-state index contributed by atoms with van der Waals surface area (Å²) in [5.41, 5.74) is 0. The third-order valence-electron chi connectivity index (χ3n) is 4.23. The van der Waals surface area contributed by atoms with Gasteiger partial charge in [-0.05, 0) is 38.3 Å². The lowest BCUT2D eigenvalue weighted by Gasteiger charge is -2.34. The van der Waals surface area contributed by atoms with Gasteiger partial charge in [-0.15, -0.1) is 0 Å². The number of hydrogen-bond acceptors (Lipinski definition) is 4. The summed E-state index contributed by atoms with van der Waals surface area (Å²) in [5.74, 6) is -1.35. The molecule has 8 heteroatoms. The highest BCUT2D eigenvalue weighted by Crippen LogP contribution is 2.26. The molecular formula is C17H25N3O4S. The second-order valence-corrected chi connectivity index (χ2v) is 7.87. The van der Waals surface area contributed by atoms with Crippen LogP contribution < -0.4 is 10.6 Å². The Balaban J connectivity index is 1.99. The van der Waals surface area contributed by atoms with Crippen LogP contribution in [0.2, 0.25) is 0 Å². The van der Waals surface area contributed by atoms with Gasteiger partial charge in [0.05, 0.1) is 4.90 Å². The molecular weight excluding hydrogens is 342 g/mol. The predicted octanol–water partition coefficient (Wildman–Crippen LogP) is 0.872. The van der Waals surface area contributed by atoms with E-state index in [1.807, 2.05) is 0 Å². The van der Waals surface area contributed by atoms with Crippen molar-refractivity contribution in [2.24, 2.45) is 0 Å². The Bertz CT molecular complexity index is 691. The van der Waals surface area contributed by atoms with Crippen molar-refractivity contribution < 1.29 is 18.0 Å². The number of hydrogen-bond donors (Lipinski definition) is 2. The summed E-state index contributed by atoms with van der Waals surface area (Å²) in [7, 11) is -3.55. The summed E-state index contributed by atoms with van der Waals surface area (Å²) in [6, 6.07) is 8.21. The Hall–Kier alpha value is -1.93. The van der Waals surface area contributed by atoms with Gasteiger partial charge in [0.25, 0.3) is 0 Å². The van der Waals surface area contributed by atoms with Crippen LogP contribution in [-0.2, 0) is 19.6 Å². The van der Waals surface area contributed by atoms with Crippen molar-refractivity contribution in [2.75, 3.05) is 19.6 Å². The van der Waals surface area contributed by atoms with Gasteiger partial charge < -0.3 is 10.6 Å². The van der Waals surface area contributed by atoms with Crippen LogP contribution in [0.4, 0.5) is 0 Å². The molecule has 138 valence electrons. The van der Waals surface area contributed by atoms with E-state index in [1.165, 1.54) is 4.31 Å². The van der Waals surface area contributed by atoms with Crippen LogP contribution in [-0.4, -0.2) is 50.2 Å². The number of likely N-dealkylation sites (N-methyl/N-ethyl adjacent to an activating group) is 1. The Labute approximate surface area is 148 Å². The first-order valence-corrected chi connectivity index (χ1v) is 10.0. The Morgan fingerprint density at radius 2 is 1.80 bits per heavy atom.